The average molecular weight is 298 g/mol. The number of hydrogen-bond donors (Lipinski definition) is 1. The lowest BCUT2D eigenvalue weighted by Crippen LogP contribution is -2.06. The first-order valence-electron chi connectivity index (χ1n) is 6.28. The van der Waals surface area contributed by atoms with Crippen molar-refractivity contribution in [2.75, 3.05) is 7.11 Å². The second-order valence-corrected chi connectivity index (χ2v) is 4.53. The molecule has 0 fully saturated rings. The molecule has 7 heteroatoms. The SMILES string of the molecule is COc1ccc(C(O)Cc2cnn(C)c2)cc1OC(F)F. The maximum atomic E-state index is 12.4. The molecular weight excluding hydrogens is 282 g/mol. The largest absolute Gasteiger partial charge is 0.493 e. The highest BCUT2D eigenvalue weighted by atomic mass is 19.3. The van der Waals surface area contributed by atoms with Gasteiger partial charge in [-0.05, 0) is 23.3 Å². The fourth-order valence-electron chi connectivity index (χ4n) is 2.01. The lowest BCUT2D eigenvalue weighted by molar-refractivity contribution is -0.0513. The molecule has 0 aliphatic heterocycles. The molecule has 0 radical (unpaired) electrons. The van der Waals surface area contributed by atoms with E-state index in [0.29, 0.717) is 12.0 Å². The Hall–Kier alpha value is -2.15. The highest BCUT2D eigenvalue weighted by molar-refractivity contribution is 5.43. The Kier molecular flexibility index (Phi) is 4.74. The van der Waals surface area contributed by atoms with Crippen LogP contribution in [-0.4, -0.2) is 28.6 Å². The monoisotopic (exact) mass is 298 g/mol. The lowest BCUT2D eigenvalue weighted by Gasteiger charge is -2.14. The summed E-state index contributed by atoms with van der Waals surface area (Å²) in [6.45, 7) is -2.95. The number of methoxy groups -OCH3 is 1. The third kappa shape index (κ3) is 3.91. The van der Waals surface area contributed by atoms with Crippen molar-refractivity contribution in [2.24, 2.45) is 7.05 Å². The zero-order valence-corrected chi connectivity index (χ0v) is 11.7. The number of halogens is 2. The zero-order valence-electron chi connectivity index (χ0n) is 11.7. The summed E-state index contributed by atoms with van der Waals surface area (Å²) in [5.41, 5.74) is 1.31. The van der Waals surface area contributed by atoms with Gasteiger partial charge in [0.05, 0.1) is 19.4 Å². The minimum absolute atomic E-state index is 0.102. The predicted molar refractivity (Wildman–Crippen MR) is 71.5 cm³/mol. The number of hydrogen-bond acceptors (Lipinski definition) is 4. The average Bonchev–Trinajstić information content (AvgIpc) is 2.83. The van der Waals surface area contributed by atoms with E-state index in [0.717, 1.165) is 5.56 Å². The van der Waals surface area contributed by atoms with Crippen LogP contribution in [0.3, 0.4) is 0 Å². The van der Waals surface area contributed by atoms with Crippen molar-refractivity contribution in [2.45, 2.75) is 19.1 Å². The van der Waals surface area contributed by atoms with Gasteiger partial charge in [0.15, 0.2) is 11.5 Å². The molecule has 1 aromatic heterocycles. The summed E-state index contributed by atoms with van der Waals surface area (Å²) in [6.07, 6.45) is 2.90. The molecule has 21 heavy (non-hydrogen) atoms. The van der Waals surface area contributed by atoms with Crippen LogP contribution in [0.25, 0.3) is 0 Å². The van der Waals surface area contributed by atoms with E-state index in [9.17, 15) is 13.9 Å². The van der Waals surface area contributed by atoms with Gasteiger partial charge in [0.25, 0.3) is 0 Å². The molecule has 2 rings (SSSR count). The number of aliphatic hydroxyl groups is 1. The van der Waals surface area contributed by atoms with E-state index in [-0.39, 0.29) is 11.5 Å². The molecule has 0 saturated carbocycles. The van der Waals surface area contributed by atoms with Gasteiger partial charge in [-0.3, -0.25) is 4.68 Å². The van der Waals surface area contributed by atoms with Gasteiger partial charge in [0.1, 0.15) is 0 Å². The second kappa shape index (κ2) is 6.53. The van der Waals surface area contributed by atoms with Crippen molar-refractivity contribution in [1.29, 1.82) is 0 Å². The number of ether oxygens (including phenoxy) is 2. The third-order valence-electron chi connectivity index (χ3n) is 2.98. The molecule has 5 nitrogen and oxygen atoms in total. The number of aryl methyl sites for hydroxylation is 1. The molecule has 0 aliphatic carbocycles. The number of nitrogens with zero attached hydrogens (tertiary/aromatic N) is 2. The second-order valence-electron chi connectivity index (χ2n) is 4.53. The van der Waals surface area contributed by atoms with E-state index >= 15 is 0 Å². The first-order valence-corrected chi connectivity index (χ1v) is 6.28. The highest BCUT2D eigenvalue weighted by Crippen LogP contribution is 2.32. The van der Waals surface area contributed by atoms with Crippen LogP contribution in [0.5, 0.6) is 11.5 Å². The summed E-state index contributed by atoms with van der Waals surface area (Å²) < 4.78 is 35.7. The molecular formula is C14H16F2N2O3. The van der Waals surface area contributed by atoms with Crippen LogP contribution in [0.15, 0.2) is 30.6 Å². The van der Waals surface area contributed by atoms with Crippen LogP contribution < -0.4 is 9.47 Å². The summed E-state index contributed by atoms with van der Waals surface area (Å²) >= 11 is 0. The molecule has 2 aromatic rings. The van der Waals surface area contributed by atoms with E-state index < -0.39 is 12.7 Å². The van der Waals surface area contributed by atoms with E-state index in [4.69, 9.17) is 4.74 Å². The molecule has 1 heterocycles. The molecule has 0 saturated heterocycles. The quantitative estimate of drug-likeness (QED) is 0.889. The normalized spacial score (nSPS) is 12.5. The Balaban J connectivity index is 2.18. The van der Waals surface area contributed by atoms with Crippen molar-refractivity contribution < 1.29 is 23.4 Å². The Morgan fingerprint density at radius 2 is 2.10 bits per heavy atom. The third-order valence-corrected chi connectivity index (χ3v) is 2.98. The molecule has 0 bridgehead atoms. The summed E-state index contributed by atoms with van der Waals surface area (Å²) in [5.74, 6) is 0.0860. The Morgan fingerprint density at radius 3 is 2.67 bits per heavy atom. The summed E-state index contributed by atoms with van der Waals surface area (Å²) in [5, 5.41) is 14.2. The van der Waals surface area contributed by atoms with Crippen LogP contribution in [0.4, 0.5) is 8.78 Å². The highest BCUT2D eigenvalue weighted by Gasteiger charge is 2.16. The van der Waals surface area contributed by atoms with Gasteiger partial charge in [-0.15, -0.1) is 0 Å². The molecule has 1 unspecified atom stereocenters. The fourth-order valence-corrected chi connectivity index (χ4v) is 2.01. The smallest absolute Gasteiger partial charge is 0.387 e. The van der Waals surface area contributed by atoms with Gasteiger partial charge >= 0.3 is 6.61 Å². The minimum atomic E-state index is -2.95. The Morgan fingerprint density at radius 1 is 1.33 bits per heavy atom. The molecule has 0 aliphatic rings. The number of benzene rings is 1. The fraction of sp³-hybridized carbons (Fsp3) is 0.357. The number of rotatable bonds is 6. The van der Waals surface area contributed by atoms with Crippen molar-refractivity contribution in [3.63, 3.8) is 0 Å². The van der Waals surface area contributed by atoms with E-state index in [1.54, 1.807) is 30.2 Å². The number of aromatic nitrogens is 2. The van der Waals surface area contributed by atoms with Gasteiger partial charge in [0, 0.05) is 19.7 Å². The Labute approximate surface area is 120 Å². The maximum absolute atomic E-state index is 12.4. The molecule has 0 amide bonds. The molecule has 1 N–H and O–H groups in total. The van der Waals surface area contributed by atoms with Crippen molar-refractivity contribution >= 4 is 0 Å². The van der Waals surface area contributed by atoms with E-state index in [1.807, 2.05) is 0 Å². The lowest BCUT2D eigenvalue weighted by atomic mass is 10.0. The van der Waals surface area contributed by atoms with Crippen LogP contribution >= 0.6 is 0 Å². The molecule has 1 atom stereocenters. The van der Waals surface area contributed by atoms with Gasteiger partial charge in [-0.2, -0.15) is 13.9 Å². The van der Waals surface area contributed by atoms with Crippen LogP contribution in [-0.2, 0) is 13.5 Å². The predicted octanol–water partition coefficient (Wildman–Crippen LogP) is 2.31. The standard InChI is InChI=1S/C14H16F2N2O3/c1-18-8-9(7-17-18)5-11(19)10-3-4-12(20-2)13(6-10)21-14(15)16/h3-4,6-8,11,14,19H,5H2,1-2H3. The van der Waals surface area contributed by atoms with Crippen molar-refractivity contribution in [3.05, 3.63) is 41.7 Å². The zero-order chi connectivity index (χ0) is 15.4. The van der Waals surface area contributed by atoms with Crippen LogP contribution in [0.2, 0.25) is 0 Å². The first-order chi connectivity index (χ1) is 9.99. The maximum Gasteiger partial charge on any atom is 0.387 e. The number of aliphatic hydroxyl groups excluding tert-OH is 1. The first kappa shape index (κ1) is 15.2. The van der Waals surface area contributed by atoms with E-state index in [1.165, 1.54) is 19.2 Å². The molecule has 114 valence electrons. The minimum Gasteiger partial charge on any atom is -0.493 e. The summed E-state index contributed by atoms with van der Waals surface area (Å²) in [4.78, 5) is 0. The van der Waals surface area contributed by atoms with Gasteiger partial charge < -0.3 is 14.6 Å². The van der Waals surface area contributed by atoms with Gasteiger partial charge in [-0.25, -0.2) is 0 Å². The van der Waals surface area contributed by atoms with E-state index in [2.05, 4.69) is 9.84 Å². The van der Waals surface area contributed by atoms with Crippen LogP contribution in [0, 0.1) is 0 Å². The topological polar surface area (TPSA) is 56.5 Å². The van der Waals surface area contributed by atoms with Crippen LogP contribution in [0.1, 0.15) is 17.2 Å². The Bertz CT molecular complexity index is 602. The van der Waals surface area contributed by atoms with Crippen molar-refractivity contribution in [1.82, 2.24) is 9.78 Å². The summed E-state index contributed by atoms with van der Waals surface area (Å²) in [7, 11) is 3.14. The summed E-state index contributed by atoms with van der Waals surface area (Å²) in [6, 6.07) is 4.45. The molecule has 1 aromatic carbocycles. The molecule has 0 spiro atoms. The number of alkyl halides is 2. The van der Waals surface area contributed by atoms with Gasteiger partial charge in [-0.1, -0.05) is 6.07 Å². The van der Waals surface area contributed by atoms with Crippen molar-refractivity contribution in [3.8, 4) is 11.5 Å². The van der Waals surface area contributed by atoms with Gasteiger partial charge in [0.2, 0.25) is 0 Å².